The van der Waals surface area contributed by atoms with Crippen molar-refractivity contribution in [3.8, 4) is 0 Å². The van der Waals surface area contributed by atoms with E-state index in [1.54, 1.807) is 0 Å². The van der Waals surface area contributed by atoms with Gasteiger partial charge >= 0.3 is 6.18 Å². The lowest BCUT2D eigenvalue weighted by Gasteiger charge is -2.14. The minimum absolute atomic E-state index is 0.00553. The van der Waals surface area contributed by atoms with Gasteiger partial charge < -0.3 is 15.5 Å². The predicted octanol–water partition coefficient (Wildman–Crippen LogP) is 2.29. The second-order valence-electron chi connectivity index (χ2n) is 4.62. The predicted molar refractivity (Wildman–Crippen MR) is 72.9 cm³/mol. The highest BCUT2D eigenvalue weighted by Gasteiger charge is 2.33. The molecule has 1 aromatic heterocycles. The summed E-state index contributed by atoms with van der Waals surface area (Å²) in [5, 5.41) is 5.65. The Hall–Kier alpha value is -1.57. The van der Waals surface area contributed by atoms with Crippen LogP contribution in [0.4, 0.5) is 24.9 Å². The summed E-state index contributed by atoms with van der Waals surface area (Å²) in [4.78, 5) is 9.44. The molecule has 0 aliphatic rings. The highest BCUT2D eigenvalue weighted by atomic mass is 19.4. The summed E-state index contributed by atoms with van der Waals surface area (Å²) in [6.07, 6.45) is -3.70. The lowest BCUT2D eigenvalue weighted by Crippen LogP contribution is -2.22. The van der Waals surface area contributed by atoms with Crippen LogP contribution in [0.25, 0.3) is 0 Å². The lowest BCUT2D eigenvalue weighted by atomic mass is 10.3. The second kappa shape index (κ2) is 7.28. The molecule has 0 aliphatic carbocycles. The van der Waals surface area contributed by atoms with Crippen molar-refractivity contribution in [3.63, 3.8) is 0 Å². The van der Waals surface area contributed by atoms with E-state index in [9.17, 15) is 13.2 Å². The molecule has 0 fully saturated rings. The Kier molecular flexibility index (Phi) is 6.00. The lowest BCUT2D eigenvalue weighted by molar-refractivity contribution is -0.141. The van der Waals surface area contributed by atoms with Crippen LogP contribution in [0.15, 0.2) is 6.07 Å². The van der Waals surface area contributed by atoms with E-state index in [4.69, 9.17) is 0 Å². The molecule has 0 radical (unpaired) electrons. The first-order valence-electron chi connectivity index (χ1n) is 6.41. The number of alkyl halides is 3. The Bertz CT molecular complexity index is 420. The van der Waals surface area contributed by atoms with Gasteiger partial charge in [0, 0.05) is 25.7 Å². The van der Waals surface area contributed by atoms with Gasteiger partial charge in [-0.3, -0.25) is 0 Å². The number of nitrogens with zero attached hydrogens (tertiary/aromatic N) is 3. The Morgan fingerprint density at radius 1 is 1.15 bits per heavy atom. The molecule has 0 aliphatic heterocycles. The Morgan fingerprint density at radius 3 is 2.40 bits per heavy atom. The first-order valence-corrected chi connectivity index (χ1v) is 6.41. The summed E-state index contributed by atoms with van der Waals surface area (Å²) >= 11 is 0. The summed E-state index contributed by atoms with van der Waals surface area (Å²) in [5.74, 6) is 0.168. The normalized spacial score (nSPS) is 11.8. The average molecular weight is 291 g/mol. The molecule has 1 heterocycles. The van der Waals surface area contributed by atoms with E-state index >= 15 is 0 Å². The Labute approximate surface area is 116 Å². The van der Waals surface area contributed by atoms with E-state index in [-0.39, 0.29) is 11.8 Å². The number of aromatic nitrogens is 2. The van der Waals surface area contributed by atoms with E-state index in [1.807, 2.05) is 25.9 Å². The SMILES string of the molecule is CCCNc1nc(NCCN(C)C)cc(C(F)(F)F)n1. The van der Waals surface area contributed by atoms with Gasteiger partial charge in [0.2, 0.25) is 5.95 Å². The van der Waals surface area contributed by atoms with E-state index in [0.717, 1.165) is 12.5 Å². The number of nitrogens with one attached hydrogen (secondary N) is 2. The van der Waals surface area contributed by atoms with Crippen LogP contribution < -0.4 is 10.6 Å². The molecule has 20 heavy (non-hydrogen) atoms. The van der Waals surface area contributed by atoms with Crippen LogP contribution in [0, 0.1) is 0 Å². The number of halogens is 3. The van der Waals surface area contributed by atoms with Crippen molar-refractivity contribution >= 4 is 11.8 Å². The number of hydrogen-bond donors (Lipinski definition) is 2. The number of likely N-dealkylation sites (N-methyl/N-ethyl adjacent to an activating group) is 1. The van der Waals surface area contributed by atoms with Gasteiger partial charge in [0.1, 0.15) is 5.82 Å². The molecule has 1 rings (SSSR count). The quantitative estimate of drug-likeness (QED) is 0.807. The van der Waals surface area contributed by atoms with Gasteiger partial charge in [-0.15, -0.1) is 0 Å². The van der Waals surface area contributed by atoms with Gasteiger partial charge in [0.25, 0.3) is 0 Å². The van der Waals surface area contributed by atoms with E-state index in [0.29, 0.717) is 19.6 Å². The fourth-order valence-electron chi connectivity index (χ4n) is 1.41. The Morgan fingerprint density at radius 2 is 1.85 bits per heavy atom. The van der Waals surface area contributed by atoms with Crippen molar-refractivity contribution in [2.75, 3.05) is 44.4 Å². The zero-order valence-electron chi connectivity index (χ0n) is 11.9. The van der Waals surface area contributed by atoms with E-state index in [2.05, 4.69) is 20.6 Å². The summed E-state index contributed by atoms with van der Waals surface area (Å²) in [6.45, 7) is 3.65. The second-order valence-corrected chi connectivity index (χ2v) is 4.62. The van der Waals surface area contributed by atoms with Gasteiger partial charge in [-0.2, -0.15) is 18.2 Å². The summed E-state index contributed by atoms with van der Waals surface area (Å²) in [7, 11) is 3.77. The van der Waals surface area contributed by atoms with Gasteiger partial charge in [0.05, 0.1) is 0 Å². The fourth-order valence-corrected chi connectivity index (χ4v) is 1.41. The molecule has 2 N–H and O–H groups in total. The van der Waals surface area contributed by atoms with Gasteiger partial charge in [0.15, 0.2) is 5.69 Å². The van der Waals surface area contributed by atoms with Gasteiger partial charge in [-0.25, -0.2) is 4.98 Å². The molecule has 0 saturated carbocycles. The molecule has 0 spiro atoms. The molecular weight excluding hydrogens is 271 g/mol. The molecule has 0 saturated heterocycles. The van der Waals surface area contributed by atoms with Crippen LogP contribution in [0.2, 0.25) is 0 Å². The average Bonchev–Trinajstić information content (AvgIpc) is 2.34. The molecule has 8 heteroatoms. The third kappa shape index (κ3) is 5.60. The summed E-state index contributed by atoms with van der Waals surface area (Å²) in [5.41, 5.74) is -0.946. The standard InChI is InChI=1S/C12H20F3N5/c1-4-5-17-11-18-9(12(13,14)15)8-10(19-11)16-6-7-20(2)3/h8H,4-7H2,1-3H3,(H2,16,17,18,19). The molecular formula is C12H20F3N5. The van der Waals surface area contributed by atoms with E-state index < -0.39 is 11.9 Å². The van der Waals surface area contributed by atoms with Crippen LogP contribution in [0.1, 0.15) is 19.0 Å². The van der Waals surface area contributed by atoms with Crippen LogP contribution >= 0.6 is 0 Å². The van der Waals surface area contributed by atoms with Crippen LogP contribution in [-0.2, 0) is 6.18 Å². The first kappa shape index (κ1) is 16.5. The third-order valence-electron chi connectivity index (χ3n) is 2.41. The number of hydrogen-bond acceptors (Lipinski definition) is 5. The highest BCUT2D eigenvalue weighted by Crippen LogP contribution is 2.29. The van der Waals surface area contributed by atoms with Crippen molar-refractivity contribution < 1.29 is 13.2 Å². The summed E-state index contributed by atoms with van der Waals surface area (Å²) < 4.78 is 38.3. The maximum atomic E-state index is 12.8. The monoisotopic (exact) mass is 291 g/mol. The minimum atomic E-state index is -4.48. The van der Waals surface area contributed by atoms with E-state index in [1.165, 1.54) is 0 Å². The van der Waals surface area contributed by atoms with Crippen molar-refractivity contribution in [3.05, 3.63) is 11.8 Å². The van der Waals surface area contributed by atoms with Gasteiger partial charge in [-0.05, 0) is 20.5 Å². The van der Waals surface area contributed by atoms with Gasteiger partial charge in [-0.1, -0.05) is 6.92 Å². The molecule has 0 aromatic carbocycles. The topological polar surface area (TPSA) is 53.1 Å². The smallest absolute Gasteiger partial charge is 0.369 e. The Balaban J connectivity index is 2.86. The number of rotatable bonds is 7. The highest BCUT2D eigenvalue weighted by molar-refractivity contribution is 5.43. The molecule has 5 nitrogen and oxygen atoms in total. The van der Waals surface area contributed by atoms with Crippen LogP contribution in [-0.4, -0.2) is 48.6 Å². The van der Waals surface area contributed by atoms with Crippen molar-refractivity contribution in [1.82, 2.24) is 14.9 Å². The zero-order chi connectivity index (χ0) is 15.2. The molecule has 1 aromatic rings. The fraction of sp³-hybridized carbons (Fsp3) is 0.667. The largest absolute Gasteiger partial charge is 0.433 e. The van der Waals surface area contributed by atoms with Crippen molar-refractivity contribution in [1.29, 1.82) is 0 Å². The van der Waals surface area contributed by atoms with Crippen molar-refractivity contribution in [2.24, 2.45) is 0 Å². The maximum absolute atomic E-state index is 12.8. The van der Waals surface area contributed by atoms with Crippen LogP contribution in [0.5, 0.6) is 0 Å². The first-order chi connectivity index (χ1) is 9.32. The zero-order valence-corrected chi connectivity index (χ0v) is 11.9. The van der Waals surface area contributed by atoms with Crippen molar-refractivity contribution in [2.45, 2.75) is 19.5 Å². The molecule has 0 atom stereocenters. The molecule has 0 unspecified atom stereocenters. The molecule has 0 amide bonds. The minimum Gasteiger partial charge on any atom is -0.369 e. The maximum Gasteiger partial charge on any atom is 0.433 e. The van der Waals surface area contributed by atoms with Crippen LogP contribution in [0.3, 0.4) is 0 Å². The molecule has 0 bridgehead atoms. The molecule has 114 valence electrons. The summed E-state index contributed by atoms with van der Waals surface area (Å²) in [6, 6.07) is 0.923. The number of anilines is 2. The third-order valence-corrected chi connectivity index (χ3v) is 2.41.